The molecule has 410 valence electrons. The molecule has 0 saturated heterocycles. The highest BCUT2D eigenvalue weighted by Gasteiger charge is 2.48. The zero-order valence-corrected chi connectivity index (χ0v) is 51.9. The Kier molecular flexibility index (Phi) is 13.0. The van der Waals surface area contributed by atoms with Gasteiger partial charge in [-0.1, -0.05) is 223 Å². The van der Waals surface area contributed by atoms with E-state index in [1.165, 1.54) is 101 Å². The molecule has 0 radical (unpaired) electrons. The first kappa shape index (κ1) is 55.1. The molecule has 1 aliphatic carbocycles. The van der Waals surface area contributed by atoms with E-state index in [0.717, 1.165) is 29.9 Å². The quantitative estimate of drug-likeness (QED) is 0.154. The van der Waals surface area contributed by atoms with Crippen molar-refractivity contribution in [1.82, 2.24) is 0 Å². The van der Waals surface area contributed by atoms with Crippen LogP contribution < -0.4 is 31.1 Å². The molecule has 3 aliphatic rings. The van der Waals surface area contributed by atoms with E-state index in [2.05, 4.69) is 310 Å². The van der Waals surface area contributed by atoms with Crippen LogP contribution in [0.4, 0.5) is 51.2 Å². The van der Waals surface area contributed by atoms with Crippen molar-refractivity contribution in [2.24, 2.45) is 0 Å². The van der Waals surface area contributed by atoms with Gasteiger partial charge >= 0.3 is 0 Å². The SMILES string of the molecule is CC(C)(C)c1cccc(N(c2cccc(C(C)(C)C)c2)c2cc3c4c(c2)N(c2ccc(C(C)(C)C)cc2-c2ccccc2)c2cc5c(cc2B4c2ccc(C(C)(C)C)cc2N3c2cccc(C(C)(C)C)c2)C(C)(C)CCC5(C)C)c1. The average molecular weight is 1050 g/mol. The second kappa shape index (κ2) is 18.9. The molecule has 0 amide bonds. The monoisotopic (exact) mass is 1050 g/mol. The number of nitrogens with zero attached hydrogens (tertiary/aromatic N) is 3. The number of benzene rings is 8. The second-order valence-electron chi connectivity index (χ2n) is 30.3. The molecule has 4 heteroatoms. The van der Waals surface area contributed by atoms with Gasteiger partial charge in [0.25, 0.3) is 6.71 Å². The zero-order chi connectivity index (χ0) is 57.4. The molecule has 11 rings (SSSR count). The smallest absolute Gasteiger partial charge is 0.252 e. The van der Waals surface area contributed by atoms with E-state index in [-0.39, 0.29) is 44.6 Å². The van der Waals surface area contributed by atoms with Crippen LogP contribution in [-0.4, -0.2) is 6.71 Å². The van der Waals surface area contributed by atoms with Crippen LogP contribution >= 0.6 is 0 Å². The molecule has 0 bridgehead atoms. The van der Waals surface area contributed by atoms with Crippen LogP contribution in [-0.2, 0) is 37.9 Å². The van der Waals surface area contributed by atoms with Crippen molar-refractivity contribution in [2.75, 3.05) is 14.7 Å². The van der Waals surface area contributed by atoms with Gasteiger partial charge in [0, 0.05) is 45.4 Å². The first-order valence-electron chi connectivity index (χ1n) is 29.7. The lowest BCUT2D eigenvalue weighted by molar-refractivity contribution is 0.332. The number of hydrogen-bond donors (Lipinski definition) is 0. The minimum absolute atomic E-state index is 0.00205. The summed E-state index contributed by atoms with van der Waals surface area (Å²) in [6.45, 7) is 45.0. The first-order chi connectivity index (χ1) is 37.3. The molecule has 0 spiro atoms. The lowest BCUT2D eigenvalue weighted by Crippen LogP contribution is -2.62. The summed E-state index contributed by atoms with van der Waals surface area (Å²) in [5.41, 5.74) is 26.3. The molecule has 8 aromatic carbocycles. The number of fused-ring (bicyclic) bond motifs is 5. The van der Waals surface area contributed by atoms with E-state index in [0.29, 0.717) is 0 Å². The van der Waals surface area contributed by atoms with E-state index in [4.69, 9.17) is 0 Å². The molecule has 0 saturated carbocycles. The van der Waals surface area contributed by atoms with Crippen molar-refractivity contribution < 1.29 is 0 Å². The highest BCUT2D eigenvalue weighted by atomic mass is 15.2. The largest absolute Gasteiger partial charge is 0.311 e. The standard InChI is InChI=1S/C76H88BN3/c1-70(2,3)50-28-23-31-55(40-50)78(56-32-24-29-51(41-56)71(4,5)6)58-45-67-69-68(46-58)80(64-37-35-53(73(10,11)12)43-59(64)49-26-21-20-22-27-49)66-48-61-60(75(16,17)38-39-76(61,18)19)47-63(66)77(69)62-36-34-54(74(13,14)15)44-65(62)79(67)57-33-25-30-52(42-57)72(7,8)9/h20-37,40-48H,38-39H2,1-19H3. The highest BCUT2D eigenvalue weighted by molar-refractivity contribution is 7.00. The summed E-state index contributed by atoms with van der Waals surface area (Å²) in [4.78, 5) is 7.94. The van der Waals surface area contributed by atoms with E-state index < -0.39 is 0 Å². The summed E-state index contributed by atoms with van der Waals surface area (Å²) < 4.78 is 0. The highest BCUT2D eigenvalue weighted by Crippen LogP contribution is 2.54. The van der Waals surface area contributed by atoms with Gasteiger partial charge in [0.2, 0.25) is 0 Å². The summed E-state index contributed by atoms with van der Waals surface area (Å²) in [7, 11) is 0. The van der Waals surface area contributed by atoms with Gasteiger partial charge in [-0.15, -0.1) is 0 Å². The van der Waals surface area contributed by atoms with Gasteiger partial charge in [0.15, 0.2) is 0 Å². The average Bonchev–Trinajstić information content (AvgIpc) is 3.08. The van der Waals surface area contributed by atoms with Crippen LogP contribution in [0.5, 0.6) is 0 Å². The lowest BCUT2D eigenvalue weighted by atomic mass is 9.33. The Bertz CT molecular complexity index is 3650. The summed E-state index contributed by atoms with van der Waals surface area (Å²) in [5, 5.41) is 0. The van der Waals surface area contributed by atoms with Crippen LogP contribution in [0.3, 0.4) is 0 Å². The predicted octanol–water partition coefficient (Wildman–Crippen LogP) is 19.7. The summed E-state index contributed by atoms with van der Waals surface area (Å²) in [6, 6.07) is 64.6. The second-order valence-corrected chi connectivity index (χ2v) is 30.3. The Morgan fingerprint density at radius 3 is 1.38 bits per heavy atom. The summed E-state index contributed by atoms with van der Waals surface area (Å²) in [6.07, 6.45) is 2.27. The van der Waals surface area contributed by atoms with E-state index in [9.17, 15) is 0 Å². The van der Waals surface area contributed by atoms with Crippen LogP contribution in [0.25, 0.3) is 11.1 Å². The minimum Gasteiger partial charge on any atom is -0.311 e. The van der Waals surface area contributed by atoms with Crippen LogP contribution in [0, 0.1) is 0 Å². The van der Waals surface area contributed by atoms with Crippen LogP contribution in [0.1, 0.15) is 183 Å². The fourth-order valence-electron chi connectivity index (χ4n) is 13.0. The van der Waals surface area contributed by atoms with E-state index in [1.54, 1.807) is 0 Å². The maximum atomic E-state index is 2.72. The Morgan fingerprint density at radius 1 is 0.362 bits per heavy atom. The third-order valence-electron chi connectivity index (χ3n) is 18.2. The first-order valence-corrected chi connectivity index (χ1v) is 29.7. The maximum absolute atomic E-state index is 2.72. The van der Waals surface area contributed by atoms with Crippen molar-refractivity contribution in [3.63, 3.8) is 0 Å². The molecule has 0 N–H and O–H groups in total. The molecule has 8 aromatic rings. The Morgan fingerprint density at radius 2 is 0.825 bits per heavy atom. The molecule has 0 atom stereocenters. The van der Waals surface area contributed by atoms with Crippen molar-refractivity contribution in [2.45, 2.75) is 182 Å². The van der Waals surface area contributed by atoms with Gasteiger partial charge in [0.05, 0.1) is 11.4 Å². The fourth-order valence-corrected chi connectivity index (χ4v) is 13.0. The van der Waals surface area contributed by atoms with Crippen molar-refractivity contribution in [3.05, 3.63) is 203 Å². The Hall–Kier alpha value is -6.78. The molecule has 0 aromatic heterocycles. The maximum Gasteiger partial charge on any atom is 0.252 e. The molecular formula is C76H88BN3. The molecule has 2 heterocycles. The van der Waals surface area contributed by atoms with E-state index in [1.807, 2.05) is 0 Å². The molecule has 0 fully saturated rings. The van der Waals surface area contributed by atoms with Crippen LogP contribution in [0.15, 0.2) is 164 Å². The third kappa shape index (κ3) is 9.71. The fraction of sp³-hybridized carbons (Fsp3) is 0.368. The van der Waals surface area contributed by atoms with Crippen molar-refractivity contribution in [3.8, 4) is 11.1 Å². The normalized spacial score (nSPS) is 15.7. The van der Waals surface area contributed by atoms with Crippen molar-refractivity contribution in [1.29, 1.82) is 0 Å². The Balaban J connectivity index is 1.36. The van der Waals surface area contributed by atoms with Gasteiger partial charge in [0.1, 0.15) is 0 Å². The Labute approximate surface area is 482 Å². The number of anilines is 9. The van der Waals surface area contributed by atoms with Gasteiger partial charge in [-0.05, 0) is 184 Å². The minimum atomic E-state index is -0.0861. The lowest BCUT2D eigenvalue weighted by Gasteiger charge is -2.48. The van der Waals surface area contributed by atoms with Gasteiger partial charge in [-0.25, -0.2) is 0 Å². The van der Waals surface area contributed by atoms with E-state index >= 15 is 0 Å². The van der Waals surface area contributed by atoms with Gasteiger partial charge in [-0.3, -0.25) is 0 Å². The van der Waals surface area contributed by atoms with Gasteiger partial charge < -0.3 is 14.7 Å². The molecule has 0 unspecified atom stereocenters. The molecule has 80 heavy (non-hydrogen) atoms. The molecule has 3 nitrogen and oxygen atoms in total. The molecule has 2 aliphatic heterocycles. The molecular weight excluding hydrogens is 966 g/mol. The number of rotatable bonds is 6. The zero-order valence-electron chi connectivity index (χ0n) is 51.9. The van der Waals surface area contributed by atoms with Gasteiger partial charge in [-0.2, -0.15) is 0 Å². The summed E-state index contributed by atoms with van der Waals surface area (Å²) >= 11 is 0. The summed E-state index contributed by atoms with van der Waals surface area (Å²) in [5.74, 6) is 0. The third-order valence-corrected chi connectivity index (χ3v) is 18.2. The topological polar surface area (TPSA) is 9.72 Å². The number of hydrogen-bond acceptors (Lipinski definition) is 3. The predicted molar refractivity (Wildman–Crippen MR) is 349 cm³/mol. The van der Waals surface area contributed by atoms with Crippen molar-refractivity contribution >= 4 is 74.3 Å². The van der Waals surface area contributed by atoms with Crippen LogP contribution in [0.2, 0.25) is 0 Å².